The molecule has 0 radical (unpaired) electrons. The lowest BCUT2D eigenvalue weighted by molar-refractivity contribution is -0.144. The number of H-pyrrole nitrogens is 1. The standard InChI is InChI=1S/C23H26N4O4/c28-21-3-1-2-18-16-8-14(12-27(18)21)11-26(13-16)23(29)17-10-24-25-22(17)15-4-5-19-20(9-15)31-7-6-30-19/h4-5,9-10,14,16,18H,1-3,6-8,11-13H2,(H,24,25). The lowest BCUT2D eigenvalue weighted by Crippen LogP contribution is -2.61. The average Bonchev–Trinajstić information content (AvgIpc) is 3.29. The van der Waals surface area contributed by atoms with Crippen LogP contribution in [0, 0.1) is 11.8 Å². The van der Waals surface area contributed by atoms with Gasteiger partial charge in [0.05, 0.1) is 17.5 Å². The van der Waals surface area contributed by atoms with E-state index in [0.717, 1.165) is 37.1 Å². The molecule has 3 fully saturated rings. The van der Waals surface area contributed by atoms with Crippen LogP contribution in [-0.2, 0) is 4.79 Å². The quantitative estimate of drug-likeness (QED) is 0.803. The summed E-state index contributed by atoms with van der Waals surface area (Å²) in [5.74, 6) is 2.42. The smallest absolute Gasteiger partial charge is 0.257 e. The van der Waals surface area contributed by atoms with Gasteiger partial charge in [-0.2, -0.15) is 5.10 Å². The average molecular weight is 422 g/mol. The lowest BCUT2D eigenvalue weighted by atomic mass is 9.76. The van der Waals surface area contributed by atoms with Gasteiger partial charge in [0.15, 0.2) is 11.5 Å². The molecule has 2 bridgehead atoms. The molecule has 2 amide bonds. The predicted octanol–water partition coefficient (Wildman–Crippen LogP) is 2.32. The first-order valence-corrected chi connectivity index (χ1v) is 11.2. The summed E-state index contributed by atoms with van der Waals surface area (Å²) in [6, 6.07) is 5.98. The number of nitrogens with one attached hydrogen (secondary N) is 1. The van der Waals surface area contributed by atoms with Crippen LogP contribution >= 0.6 is 0 Å². The van der Waals surface area contributed by atoms with Crippen molar-refractivity contribution >= 4 is 11.8 Å². The molecule has 6 rings (SSSR count). The molecule has 8 heteroatoms. The van der Waals surface area contributed by atoms with E-state index in [1.165, 1.54) is 0 Å². The number of rotatable bonds is 2. The Labute approximate surface area is 180 Å². The molecule has 1 aromatic heterocycles. The molecule has 31 heavy (non-hydrogen) atoms. The van der Waals surface area contributed by atoms with Crippen molar-refractivity contribution in [3.05, 3.63) is 30.0 Å². The molecule has 3 saturated heterocycles. The largest absolute Gasteiger partial charge is 0.486 e. The second-order valence-corrected chi connectivity index (χ2v) is 9.09. The zero-order valence-electron chi connectivity index (χ0n) is 17.4. The van der Waals surface area contributed by atoms with E-state index in [1.807, 2.05) is 23.1 Å². The third-order valence-electron chi connectivity index (χ3n) is 7.17. The highest BCUT2D eigenvalue weighted by Gasteiger charge is 2.45. The number of likely N-dealkylation sites (tertiary alicyclic amines) is 1. The normalized spacial score (nSPS) is 27.1. The van der Waals surface area contributed by atoms with Crippen LogP contribution in [0.2, 0.25) is 0 Å². The first kappa shape index (κ1) is 18.7. The number of carbonyl (C=O) groups is 2. The second kappa shape index (κ2) is 7.28. The summed E-state index contributed by atoms with van der Waals surface area (Å²) >= 11 is 0. The summed E-state index contributed by atoms with van der Waals surface area (Å²) in [4.78, 5) is 30.0. The maximum absolute atomic E-state index is 13.5. The van der Waals surface area contributed by atoms with Crippen LogP contribution in [0.1, 0.15) is 36.0 Å². The van der Waals surface area contributed by atoms with E-state index in [0.29, 0.717) is 67.5 Å². The van der Waals surface area contributed by atoms with E-state index in [1.54, 1.807) is 6.20 Å². The SMILES string of the molecule is O=C(c1cn[nH]c1-c1ccc2c(c1)OCCO2)N1CC2CC(C1)C1CCCC(=O)N1C2. The monoisotopic (exact) mass is 422 g/mol. The molecule has 3 unspecified atom stereocenters. The van der Waals surface area contributed by atoms with Crippen LogP contribution in [0.5, 0.6) is 11.5 Å². The number of piperidine rings is 3. The highest BCUT2D eigenvalue weighted by atomic mass is 16.6. The fourth-order valence-corrected chi connectivity index (χ4v) is 5.81. The molecule has 0 spiro atoms. The summed E-state index contributed by atoms with van der Waals surface area (Å²) in [6.07, 6.45) is 5.42. The molecular formula is C23H26N4O4. The van der Waals surface area contributed by atoms with Gasteiger partial charge < -0.3 is 19.3 Å². The van der Waals surface area contributed by atoms with E-state index in [4.69, 9.17) is 9.47 Å². The molecule has 1 aromatic carbocycles. The first-order chi connectivity index (χ1) is 15.2. The zero-order chi connectivity index (χ0) is 20.9. The summed E-state index contributed by atoms with van der Waals surface area (Å²) < 4.78 is 11.3. The first-order valence-electron chi connectivity index (χ1n) is 11.2. The topological polar surface area (TPSA) is 87.8 Å². The van der Waals surface area contributed by atoms with Gasteiger partial charge >= 0.3 is 0 Å². The minimum Gasteiger partial charge on any atom is -0.486 e. The highest BCUT2D eigenvalue weighted by molar-refractivity contribution is 6.00. The number of amides is 2. The van der Waals surface area contributed by atoms with Crippen molar-refractivity contribution in [3.63, 3.8) is 0 Å². The molecule has 8 nitrogen and oxygen atoms in total. The Morgan fingerprint density at radius 1 is 1.13 bits per heavy atom. The predicted molar refractivity (Wildman–Crippen MR) is 112 cm³/mol. The number of carbonyl (C=O) groups excluding carboxylic acids is 2. The van der Waals surface area contributed by atoms with Gasteiger partial charge in [-0.25, -0.2) is 0 Å². The number of ether oxygens (including phenoxy) is 2. The van der Waals surface area contributed by atoms with Crippen LogP contribution in [0.3, 0.4) is 0 Å². The van der Waals surface area contributed by atoms with E-state index < -0.39 is 0 Å². The summed E-state index contributed by atoms with van der Waals surface area (Å²) in [5.41, 5.74) is 2.13. The van der Waals surface area contributed by atoms with Gasteiger partial charge in [0.2, 0.25) is 5.91 Å². The molecule has 4 aliphatic rings. The summed E-state index contributed by atoms with van der Waals surface area (Å²) in [7, 11) is 0. The minimum atomic E-state index is 0.00363. The Morgan fingerprint density at radius 2 is 2.00 bits per heavy atom. The van der Waals surface area contributed by atoms with Crippen molar-refractivity contribution in [1.29, 1.82) is 0 Å². The fraction of sp³-hybridized carbons (Fsp3) is 0.522. The number of fused-ring (bicyclic) bond motifs is 5. The molecule has 0 aliphatic carbocycles. The minimum absolute atomic E-state index is 0.00363. The summed E-state index contributed by atoms with van der Waals surface area (Å²) in [6.45, 7) is 3.24. The Kier molecular flexibility index (Phi) is 4.40. The maximum atomic E-state index is 13.5. The summed E-state index contributed by atoms with van der Waals surface area (Å²) in [5, 5.41) is 7.18. The molecule has 5 heterocycles. The van der Waals surface area contributed by atoms with Gasteiger partial charge in [0.25, 0.3) is 5.91 Å². The van der Waals surface area contributed by atoms with Gasteiger partial charge in [-0.15, -0.1) is 0 Å². The van der Waals surface area contributed by atoms with Crippen LogP contribution in [0.25, 0.3) is 11.3 Å². The van der Waals surface area contributed by atoms with E-state index in [2.05, 4.69) is 15.1 Å². The van der Waals surface area contributed by atoms with Crippen molar-refractivity contribution in [2.45, 2.75) is 31.7 Å². The van der Waals surface area contributed by atoms with Crippen molar-refractivity contribution in [2.24, 2.45) is 11.8 Å². The molecule has 0 saturated carbocycles. The molecule has 162 valence electrons. The van der Waals surface area contributed by atoms with Crippen molar-refractivity contribution in [2.75, 3.05) is 32.8 Å². The fourth-order valence-electron chi connectivity index (χ4n) is 5.81. The Balaban J connectivity index is 1.25. The van der Waals surface area contributed by atoms with E-state index in [-0.39, 0.29) is 11.9 Å². The van der Waals surface area contributed by atoms with Gasteiger partial charge in [0, 0.05) is 37.7 Å². The van der Waals surface area contributed by atoms with Crippen LogP contribution < -0.4 is 9.47 Å². The molecule has 2 aromatic rings. The molecule has 1 N–H and O–H groups in total. The zero-order valence-corrected chi connectivity index (χ0v) is 17.4. The number of aromatic amines is 1. The van der Waals surface area contributed by atoms with Crippen LogP contribution in [0.15, 0.2) is 24.4 Å². The van der Waals surface area contributed by atoms with Crippen molar-refractivity contribution < 1.29 is 19.1 Å². The van der Waals surface area contributed by atoms with Gasteiger partial charge in [-0.3, -0.25) is 14.7 Å². The van der Waals surface area contributed by atoms with E-state index in [9.17, 15) is 9.59 Å². The maximum Gasteiger partial charge on any atom is 0.257 e. The van der Waals surface area contributed by atoms with Crippen molar-refractivity contribution in [3.8, 4) is 22.8 Å². The third-order valence-corrected chi connectivity index (χ3v) is 7.17. The molecular weight excluding hydrogens is 396 g/mol. The Bertz CT molecular complexity index is 1030. The molecule has 3 atom stereocenters. The number of nitrogens with zero attached hydrogens (tertiary/aromatic N) is 3. The van der Waals surface area contributed by atoms with Crippen LogP contribution in [-0.4, -0.2) is 70.7 Å². The molecule has 4 aliphatic heterocycles. The second-order valence-electron chi connectivity index (χ2n) is 9.09. The van der Waals surface area contributed by atoms with Gasteiger partial charge in [0.1, 0.15) is 13.2 Å². The van der Waals surface area contributed by atoms with Gasteiger partial charge in [-0.1, -0.05) is 0 Å². The van der Waals surface area contributed by atoms with E-state index >= 15 is 0 Å². The number of aromatic nitrogens is 2. The highest BCUT2D eigenvalue weighted by Crippen LogP contribution is 2.39. The Hall–Kier alpha value is -3.03. The van der Waals surface area contributed by atoms with Crippen molar-refractivity contribution in [1.82, 2.24) is 20.0 Å². The lowest BCUT2D eigenvalue weighted by Gasteiger charge is -2.52. The Morgan fingerprint density at radius 3 is 2.90 bits per heavy atom. The number of benzene rings is 1. The third kappa shape index (κ3) is 3.16. The van der Waals surface area contributed by atoms with Gasteiger partial charge in [-0.05, 0) is 49.3 Å². The number of hydrogen-bond acceptors (Lipinski definition) is 5. The number of hydrogen-bond donors (Lipinski definition) is 1. The van der Waals surface area contributed by atoms with Crippen LogP contribution in [0.4, 0.5) is 0 Å².